The minimum absolute atomic E-state index is 0.00744. The molecule has 10 heteroatoms. The number of amides is 1. The Bertz CT molecular complexity index is 1220. The molecule has 0 spiro atoms. The Morgan fingerprint density at radius 1 is 1.20 bits per heavy atom. The molecule has 4 aliphatic rings. The zero-order chi connectivity index (χ0) is 24.4. The largest absolute Gasteiger partial charge is 0.397 e. The second kappa shape index (κ2) is 7.80. The number of piperidine rings is 2. The number of hydrogen-bond acceptors (Lipinski definition) is 6. The average molecular weight is 486 g/mol. The SMILES string of the molecule is N#Cc1ccc(N2C[C@]3(C(=O)NC4CCN(C5COC5)CC4)C[C@]3(C(F)(F)F)C2)c2cccnc12. The van der Waals surface area contributed by atoms with Crippen molar-refractivity contribution < 1.29 is 22.7 Å². The summed E-state index contributed by atoms with van der Waals surface area (Å²) in [6.07, 6.45) is -1.66. The van der Waals surface area contributed by atoms with Crippen LogP contribution in [0.1, 0.15) is 24.8 Å². The van der Waals surface area contributed by atoms with Gasteiger partial charge in [-0.1, -0.05) is 0 Å². The van der Waals surface area contributed by atoms with Crippen molar-refractivity contribution in [1.29, 1.82) is 5.26 Å². The molecular weight excluding hydrogens is 459 g/mol. The minimum atomic E-state index is -4.49. The number of aromatic nitrogens is 1. The lowest BCUT2D eigenvalue weighted by molar-refractivity contribution is -0.191. The highest BCUT2D eigenvalue weighted by Crippen LogP contribution is 2.75. The topological polar surface area (TPSA) is 81.5 Å². The van der Waals surface area contributed by atoms with Gasteiger partial charge in [0.05, 0.1) is 35.8 Å². The predicted octanol–water partition coefficient (Wildman–Crippen LogP) is 2.84. The maximum absolute atomic E-state index is 14.4. The zero-order valence-corrected chi connectivity index (χ0v) is 19.1. The third-order valence-corrected chi connectivity index (χ3v) is 8.50. The van der Waals surface area contributed by atoms with Crippen molar-refractivity contribution in [3.05, 3.63) is 36.0 Å². The molecule has 1 N–H and O–H groups in total. The van der Waals surface area contributed by atoms with Crippen LogP contribution in [0.15, 0.2) is 30.5 Å². The molecule has 1 saturated carbocycles. The minimum Gasteiger partial charge on any atom is -0.378 e. The Balaban J connectivity index is 1.24. The first-order valence-corrected chi connectivity index (χ1v) is 12.0. The molecule has 0 radical (unpaired) electrons. The summed E-state index contributed by atoms with van der Waals surface area (Å²) >= 11 is 0. The maximum Gasteiger partial charge on any atom is 0.397 e. The number of carbonyl (C=O) groups is 1. The molecule has 35 heavy (non-hydrogen) atoms. The van der Waals surface area contributed by atoms with Crippen molar-refractivity contribution in [3.63, 3.8) is 0 Å². The normalized spacial score (nSPS) is 29.5. The third kappa shape index (κ3) is 3.32. The lowest BCUT2D eigenvalue weighted by atomic mass is 9.93. The molecule has 0 unspecified atom stereocenters. The number of anilines is 1. The summed E-state index contributed by atoms with van der Waals surface area (Å²) in [5.74, 6) is -0.487. The molecule has 1 aromatic carbocycles. The predicted molar refractivity (Wildman–Crippen MR) is 122 cm³/mol. The quantitative estimate of drug-likeness (QED) is 0.718. The second-order valence-corrected chi connectivity index (χ2v) is 10.3. The van der Waals surface area contributed by atoms with Crippen LogP contribution in [0.25, 0.3) is 10.9 Å². The molecule has 2 aromatic rings. The Morgan fingerprint density at radius 2 is 1.97 bits per heavy atom. The van der Waals surface area contributed by atoms with Gasteiger partial charge in [0.25, 0.3) is 0 Å². The Hall–Kier alpha value is -2.90. The Morgan fingerprint density at radius 3 is 2.63 bits per heavy atom. The van der Waals surface area contributed by atoms with Crippen molar-refractivity contribution in [2.75, 3.05) is 44.3 Å². The zero-order valence-electron chi connectivity index (χ0n) is 19.1. The smallest absolute Gasteiger partial charge is 0.378 e. The van der Waals surface area contributed by atoms with Crippen molar-refractivity contribution in [1.82, 2.24) is 15.2 Å². The molecule has 1 aliphatic carbocycles. The third-order valence-electron chi connectivity index (χ3n) is 8.50. The highest BCUT2D eigenvalue weighted by atomic mass is 19.4. The molecule has 1 aromatic heterocycles. The highest BCUT2D eigenvalue weighted by molar-refractivity contribution is 5.97. The van der Waals surface area contributed by atoms with Gasteiger partial charge in [-0.05, 0) is 43.5 Å². The molecule has 3 aliphatic heterocycles. The van der Waals surface area contributed by atoms with Crippen LogP contribution in [0.3, 0.4) is 0 Å². The maximum atomic E-state index is 14.4. The van der Waals surface area contributed by atoms with Gasteiger partial charge in [0.2, 0.25) is 5.91 Å². The van der Waals surface area contributed by atoms with Gasteiger partial charge in [0.1, 0.15) is 11.5 Å². The van der Waals surface area contributed by atoms with E-state index >= 15 is 0 Å². The molecule has 3 saturated heterocycles. The lowest BCUT2D eigenvalue weighted by Gasteiger charge is -2.41. The van der Waals surface area contributed by atoms with E-state index in [-0.39, 0.29) is 25.6 Å². The van der Waals surface area contributed by atoms with Crippen LogP contribution in [0, 0.1) is 22.2 Å². The fourth-order valence-corrected chi connectivity index (χ4v) is 6.28. The summed E-state index contributed by atoms with van der Waals surface area (Å²) in [6.45, 7) is 2.79. The average Bonchev–Trinajstić information content (AvgIpc) is 3.36. The van der Waals surface area contributed by atoms with Gasteiger partial charge >= 0.3 is 6.18 Å². The van der Waals surface area contributed by atoms with Crippen LogP contribution in [-0.4, -0.2) is 73.4 Å². The number of benzene rings is 1. The van der Waals surface area contributed by atoms with E-state index in [0.29, 0.717) is 28.2 Å². The van der Waals surface area contributed by atoms with Gasteiger partial charge in [0, 0.05) is 49.5 Å². The summed E-state index contributed by atoms with van der Waals surface area (Å²) in [5, 5.41) is 13.0. The van der Waals surface area contributed by atoms with Crippen LogP contribution in [0.4, 0.5) is 18.9 Å². The molecule has 4 fully saturated rings. The summed E-state index contributed by atoms with van der Waals surface area (Å²) in [6, 6.07) is 9.11. The van der Waals surface area contributed by atoms with E-state index in [1.807, 2.05) is 0 Å². The molecule has 1 amide bonds. The number of alkyl halides is 3. The molecular formula is C25H26F3N5O2. The number of rotatable bonds is 4. The van der Waals surface area contributed by atoms with E-state index in [1.165, 1.54) is 0 Å². The summed E-state index contributed by atoms with van der Waals surface area (Å²) in [7, 11) is 0. The molecule has 6 rings (SSSR count). The Kier molecular flexibility index (Phi) is 5.03. The van der Waals surface area contributed by atoms with Crippen LogP contribution in [-0.2, 0) is 9.53 Å². The van der Waals surface area contributed by atoms with Crippen LogP contribution in [0.2, 0.25) is 0 Å². The van der Waals surface area contributed by atoms with Crippen LogP contribution >= 0.6 is 0 Å². The van der Waals surface area contributed by atoms with Gasteiger partial charge in [-0.3, -0.25) is 14.7 Å². The second-order valence-electron chi connectivity index (χ2n) is 10.3. The first-order chi connectivity index (χ1) is 16.8. The van der Waals surface area contributed by atoms with Crippen LogP contribution in [0.5, 0.6) is 0 Å². The fraction of sp³-hybridized carbons (Fsp3) is 0.560. The van der Waals surface area contributed by atoms with Gasteiger partial charge in [-0.2, -0.15) is 18.4 Å². The number of pyridine rings is 1. The number of nitrogens with zero attached hydrogens (tertiary/aromatic N) is 4. The number of likely N-dealkylation sites (tertiary alicyclic amines) is 1. The van der Waals surface area contributed by atoms with Crippen molar-refractivity contribution in [2.24, 2.45) is 10.8 Å². The molecule has 184 valence electrons. The lowest BCUT2D eigenvalue weighted by Crippen LogP contribution is -2.55. The number of halogens is 3. The number of fused-ring (bicyclic) bond motifs is 2. The van der Waals surface area contributed by atoms with Gasteiger partial charge in [0.15, 0.2) is 0 Å². The van der Waals surface area contributed by atoms with E-state index in [1.54, 1.807) is 35.4 Å². The molecule has 7 nitrogen and oxygen atoms in total. The van der Waals surface area contributed by atoms with E-state index in [4.69, 9.17) is 4.74 Å². The Labute approximate surface area is 200 Å². The molecule has 0 bridgehead atoms. The van der Waals surface area contributed by atoms with E-state index in [0.717, 1.165) is 39.1 Å². The first kappa shape index (κ1) is 22.6. The summed E-state index contributed by atoms with van der Waals surface area (Å²) < 4.78 is 48.4. The van der Waals surface area contributed by atoms with Crippen molar-refractivity contribution >= 4 is 22.5 Å². The standard InChI is InChI=1S/C25H26F3N5O2/c26-25(27,28)24-13-23(24,22(34)31-17-5-8-32(9-6-17)18-11-35-12-18)14-33(15-24)20-4-3-16(10-29)21-19(20)2-1-7-30-21/h1-4,7,17-18H,5-6,8-9,11-15H2,(H,31,34)/t23-,24-/m0/s1. The monoisotopic (exact) mass is 485 g/mol. The van der Waals surface area contributed by atoms with E-state index in [2.05, 4.69) is 21.3 Å². The van der Waals surface area contributed by atoms with E-state index < -0.39 is 22.9 Å². The first-order valence-electron chi connectivity index (χ1n) is 12.0. The number of ether oxygens (including phenoxy) is 1. The number of nitrogens with one attached hydrogen (secondary N) is 1. The summed E-state index contributed by atoms with van der Waals surface area (Å²) in [5.41, 5.74) is -2.16. The van der Waals surface area contributed by atoms with Crippen LogP contribution < -0.4 is 10.2 Å². The van der Waals surface area contributed by atoms with Gasteiger partial charge < -0.3 is 15.0 Å². The molecule has 2 atom stereocenters. The highest BCUT2D eigenvalue weighted by Gasteiger charge is 2.86. The van der Waals surface area contributed by atoms with Gasteiger partial charge in [-0.25, -0.2) is 0 Å². The van der Waals surface area contributed by atoms with Crippen molar-refractivity contribution in [2.45, 2.75) is 37.5 Å². The number of carbonyl (C=O) groups excluding carboxylic acids is 1. The number of hydrogen-bond donors (Lipinski definition) is 1. The fourth-order valence-electron chi connectivity index (χ4n) is 6.28. The van der Waals surface area contributed by atoms with Crippen molar-refractivity contribution in [3.8, 4) is 6.07 Å². The molecule has 4 heterocycles. The number of nitriles is 1. The van der Waals surface area contributed by atoms with Gasteiger partial charge in [-0.15, -0.1) is 0 Å². The summed E-state index contributed by atoms with van der Waals surface area (Å²) in [4.78, 5) is 21.7. The van der Waals surface area contributed by atoms with E-state index in [9.17, 15) is 23.2 Å².